The number of ether oxygens (including phenoxy) is 1. The average molecular weight is 513 g/mol. The van der Waals surface area contributed by atoms with Gasteiger partial charge in [-0.3, -0.25) is 4.90 Å². The molecule has 1 aliphatic rings. The van der Waals surface area contributed by atoms with Crippen LogP contribution in [0.3, 0.4) is 0 Å². The first-order chi connectivity index (χ1) is 16.2. The van der Waals surface area contributed by atoms with Crippen molar-refractivity contribution in [2.75, 3.05) is 6.54 Å². The first-order valence-corrected chi connectivity index (χ1v) is 12.1. The molecule has 1 aromatic carbocycles. The van der Waals surface area contributed by atoms with E-state index < -0.39 is 33.2 Å². The van der Waals surface area contributed by atoms with Crippen LogP contribution in [0.15, 0.2) is 36.5 Å². The van der Waals surface area contributed by atoms with Gasteiger partial charge in [-0.25, -0.2) is 14.8 Å². The molecule has 35 heavy (non-hydrogen) atoms. The number of carbonyl (C=O) groups is 1. The SMILES string of the molecule is CC(C)(C)OC(=O)N1CCC[C@H]1c1ncc(-c2ccc3nc(OS(=O)(=O)C(F)(F)F)ccc3c2)[nH]1. The van der Waals surface area contributed by atoms with Crippen molar-refractivity contribution in [1.82, 2.24) is 19.9 Å². The van der Waals surface area contributed by atoms with Crippen molar-refractivity contribution in [2.45, 2.75) is 50.8 Å². The number of aromatic amines is 1. The van der Waals surface area contributed by atoms with Crippen LogP contribution in [0.25, 0.3) is 22.2 Å². The zero-order chi connectivity index (χ0) is 25.6. The van der Waals surface area contributed by atoms with E-state index in [-0.39, 0.29) is 11.6 Å². The molecule has 1 amide bonds. The van der Waals surface area contributed by atoms with Crippen LogP contribution in [0.1, 0.15) is 45.5 Å². The van der Waals surface area contributed by atoms with Crippen molar-refractivity contribution in [1.29, 1.82) is 0 Å². The molecule has 0 unspecified atom stereocenters. The molecule has 1 aliphatic heterocycles. The van der Waals surface area contributed by atoms with Gasteiger partial charge in [0.05, 0.1) is 23.4 Å². The third-order valence-electron chi connectivity index (χ3n) is 5.25. The number of H-pyrrole nitrogens is 1. The van der Waals surface area contributed by atoms with E-state index in [4.69, 9.17) is 4.74 Å². The summed E-state index contributed by atoms with van der Waals surface area (Å²) in [4.78, 5) is 25.8. The number of hydrogen-bond donors (Lipinski definition) is 1. The number of amides is 1. The van der Waals surface area contributed by atoms with Gasteiger partial charge in [-0.1, -0.05) is 6.07 Å². The molecule has 1 saturated heterocycles. The summed E-state index contributed by atoms with van der Waals surface area (Å²) in [6.45, 7) is 5.98. The second kappa shape index (κ2) is 8.70. The number of pyridine rings is 1. The fraction of sp³-hybridized carbons (Fsp3) is 0.409. The molecule has 3 heterocycles. The Kier molecular flexibility index (Phi) is 6.16. The van der Waals surface area contributed by atoms with Crippen molar-refractivity contribution in [3.05, 3.63) is 42.4 Å². The minimum atomic E-state index is -5.81. The molecule has 1 atom stereocenters. The van der Waals surface area contributed by atoms with Gasteiger partial charge in [-0.05, 0) is 51.8 Å². The third-order valence-corrected chi connectivity index (χ3v) is 6.20. The van der Waals surface area contributed by atoms with E-state index >= 15 is 0 Å². The fourth-order valence-corrected chi connectivity index (χ4v) is 4.14. The molecule has 3 aromatic rings. The quantitative estimate of drug-likeness (QED) is 0.390. The highest BCUT2D eigenvalue weighted by molar-refractivity contribution is 7.87. The van der Waals surface area contributed by atoms with Crippen LogP contribution in [0.5, 0.6) is 5.88 Å². The van der Waals surface area contributed by atoms with Gasteiger partial charge in [0.1, 0.15) is 11.4 Å². The van der Waals surface area contributed by atoms with Gasteiger partial charge in [-0.15, -0.1) is 0 Å². The molecule has 1 fully saturated rings. The molecule has 0 spiro atoms. The maximum Gasteiger partial charge on any atom is 0.534 e. The monoisotopic (exact) mass is 512 g/mol. The standard InChI is InChI=1S/C22H23F3N4O5S/c1-21(2,3)33-20(30)29-10-4-5-17(29)19-26-12-16(28-19)14-6-8-15-13(11-14)7-9-18(27-15)34-35(31,32)22(23,24)25/h6-9,11-12,17H,4-5,10H2,1-3H3,(H,26,28)/t17-/m0/s1. The lowest BCUT2D eigenvalue weighted by atomic mass is 10.1. The number of aromatic nitrogens is 3. The first kappa shape index (κ1) is 24.8. The lowest BCUT2D eigenvalue weighted by Crippen LogP contribution is -2.36. The molecule has 0 saturated carbocycles. The van der Waals surface area contributed by atoms with Gasteiger partial charge in [-0.2, -0.15) is 21.6 Å². The van der Waals surface area contributed by atoms with Crippen LogP contribution >= 0.6 is 0 Å². The average Bonchev–Trinajstić information content (AvgIpc) is 3.40. The molecule has 188 valence electrons. The molecule has 1 N–H and O–H groups in total. The Morgan fingerprint density at radius 2 is 1.91 bits per heavy atom. The van der Waals surface area contributed by atoms with Crippen molar-refractivity contribution in [2.24, 2.45) is 0 Å². The summed E-state index contributed by atoms with van der Waals surface area (Å²) < 4.78 is 69.7. The fourth-order valence-electron chi connectivity index (χ4n) is 3.72. The summed E-state index contributed by atoms with van der Waals surface area (Å²) in [5, 5.41) is 0.548. The van der Waals surface area contributed by atoms with Crippen LogP contribution in [0.2, 0.25) is 0 Å². The first-order valence-electron chi connectivity index (χ1n) is 10.7. The zero-order valence-corrected chi connectivity index (χ0v) is 19.9. The van der Waals surface area contributed by atoms with Crippen LogP contribution in [0, 0.1) is 0 Å². The number of fused-ring (bicyclic) bond motifs is 1. The number of halogens is 3. The number of nitrogens with zero attached hydrogens (tertiary/aromatic N) is 3. The Balaban J connectivity index is 1.55. The smallest absolute Gasteiger partial charge is 0.444 e. The van der Waals surface area contributed by atoms with Gasteiger partial charge >= 0.3 is 21.7 Å². The van der Waals surface area contributed by atoms with Gasteiger partial charge in [0.25, 0.3) is 0 Å². The predicted molar refractivity (Wildman–Crippen MR) is 120 cm³/mol. The summed E-state index contributed by atoms with van der Waals surface area (Å²) >= 11 is 0. The van der Waals surface area contributed by atoms with E-state index in [1.165, 1.54) is 12.1 Å². The number of imidazole rings is 1. The number of likely N-dealkylation sites (tertiary alicyclic amines) is 1. The van der Waals surface area contributed by atoms with Crippen molar-refractivity contribution >= 4 is 27.1 Å². The normalized spacial score (nSPS) is 17.1. The lowest BCUT2D eigenvalue weighted by Gasteiger charge is -2.27. The molecule has 0 aliphatic carbocycles. The second-order valence-electron chi connectivity index (χ2n) is 9.05. The molecule has 0 bridgehead atoms. The van der Waals surface area contributed by atoms with E-state index in [1.54, 1.807) is 44.0 Å². The van der Waals surface area contributed by atoms with Crippen LogP contribution in [0.4, 0.5) is 18.0 Å². The Morgan fingerprint density at radius 3 is 2.60 bits per heavy atom. The maximum atomic E-state index is 12.6. The highest BCUT2D eigenvalue weighted by Gasteiger charge is 2.48. The molecular formula is C22H23F3N4O5S. The molecule has 2 aromatic heterocycles. The molecule has 4 rings (SSSR count). The van der Waals surface area contributed by atoms with Crippen LogP contribution < -0.4 is 4.18 Å². The second-order valence-corrected chi connectivity index (χ2v) is 10.6. The Hall–Kier alpha value is -3.35. The van der Waals surface area contributed by atoms with Crippen molar-refractivity contribution < 1.29 is 35.3 Å². The van der Waals surface area contributed by atoms with E-state index in [0.717, 1.165) is 24.5 Å². The number of hydrogen-bond acceptors (Lipinski definition) is 7. The van der Waals surface area contributed by atoms with Gasteiger partial charge in [0, 0.05) is 23.6 Å². The van der Waals surface area contributed by atoms with E-state index in [2.05, 4.69) is 19.1 Å². The van der Waals surface area contributed by atoms with E-state index in [0.29, 0.717) is 23.4 Å². The largest absolute Gasteiger partial charge is 0.534 e. The topological polar surface area (TPSA) is 114 Å². The summed E-state index contributed by atoms with van der Waals surface area (Å²) in [6, 6.07) is 7.12. The lowest BCUT2D eigenvalue weighted by molar-refractivity contribution is -0.0501. The minimum Gasteiger partial charge on any atom is -0.444 e. The molecule has 13 heteroatoms. The molecular weight excluding hydrogens is 489 g/mol. The highest BCUT2D eigenvalue weighted by atomic mass is 32.2. The third kappa shape index (κ3) is 5.34. The highest BCUT2D eigenvalue weighted by Crippen LogP contribution is 2.33. The van der Waals surface area contributed by atoms with E-state index in [9.17, 15) is 26.4 Å². The number of alkyl halides is 3. The number of rotatable bonds is 4. The van der Waals surface area contributed by atoms with Gasteiger partial charge < -0.3 is 13.9 Å². The van der Waals surface area contributed by atoms with Crippen molar-refractivity contribution in [3.63, 3.8) is 0 Å². The van der Waals surface area contributed by atoms with Crippen LogP contribution in [-0.4, -0.2) is 52.0 Å². The summed E-state index contributed by atoms with van der Waals surface area (Å²) in [5.74, 6) is -0.0717. The summed E-state index contributed by atoms with van der Waals surface area (Å²) in [5.41, 5.74) is -4.53. The Bertz CT molecular complexity index is 1370. The molecule has 9 nitrogen and oxygen atoms in total. The van der Waals surface area contributed by atoms with E-state index in [1.807, 2.05) is 0 Å². The number of carbonyl (C=O) groups excluding carboxylic acids is 1. The predicted octanol–water partition coefficient (Wildman–Crippen LogP) is 4.93. The number of benzene rings is 1. The van der Waals surface area contributed by atoms with Crippen LogP contribution in [-0.2, 0) is 14.9 Å². The summed E-state index contributed by atoms with van der Waals surface area (Å²) in [7, 11) is -5.81. The zero-order valence-electron chi connectivity index (χ0n) is 19.1. The maximum absolute atomic E-state index is 12.6. The summed E-state index contributed by atoms with van der Waals surface area (Å²) in [6.07, 6.45) is 2.77. The molecule has 0 radical (unpaired) electrons. The van der Waals surface area contributed by atoms with Crippen molar-refractivity contribution in [3.8, 4) is 17.1 Å². The Labute approximate surface area is 199 Å². The minimum absolute atomic E-state index is 0.246. The van der Waals surface area contributed by atoms with Gasteiger partial charge in [0.15, 0.2) is 0 Å². The Morgan fingerprint density at radius 1 is 1.17 bits per heavy atom. The van der Waals surface area contributed by atoms with Gasteiger partial charge in [0.2, 0.25) is 5.88 Å². The number of nitrogens with one attached hydrogen (secondary N) is 1.